The Morgan fingerprint density at radius 1 is 1.22 bits per heavy atom. The number of ether oxygens (including phenoxy) is 1. The van der Waals surface area contributed by atoms with Gasteiger partial charge in [-0.05, 0) is 37.3 Å². The Labute approximate surface area is 158 Å². The Hall–Kier alpha value is -3.19. The second-order valence-corrected chi connectivity index (χ2v) is 6.97. The van der Waals surface area contributed by atoms with E-state index in [-0.39, 0.29) is 12.6 Å². The van der Waals surface area contributed by atoms with E-state index in [4.69, 9.17) is 9.15 Å². The van der Waals surface area contributed by atoms with Crippen molar-refractivity contribution in [2.24, 2.45) is 0 Å². The molecule has 2 heterocycles. The van der Waals surface area contributed by atoms with Crippen LogP contribution < -0.4 is 5.32 Å². The van der Waals surface area contributed by atoms with Gasteiger partial charge in [-0.15, -0.1) is 11.3 Å². The van der Waals surface area contributed by atoms with Crippen LogP contribution in [0, 0.1) is 0 Å². The summed E-state index contributed by atoms with van der Waals surface area (Å²) in [6.45, 7) is 1.46. The van der Waals surface area contributed by atoms with E-state index >= 15 is 0 Å². The number of carbonyl (C=O) groups is 2. The smallest absolute Gasteiger partial charge is 0.338 e. The highest BCUT2D eigenvalue weighted by atomic mass is 32.1. The van der Waals surface area contributed by atoms with E-state index in [9.17, 15) is 9.59 Å². The number of amides is 1. The van der Waals surface area contributed by atoms with Crippen molar-refractivity contribution < 1.29 is 18.7 Å². The topological polar surface area (TPSA) is 81.4 Å². The molecule has 0 unspecified atom stereocenters. The van der Waals surface area contributed by atoms with E-state index < -0.39 is 11.9 Å². The Bertz CT molecular complexity index is 1100. The third kappa shape index (κ3) is 3.68. The maximum absolute atomic E-state index is 12.2. The summed E-state index contributed by atoms with van der Waals surface area (Å²) in [5.41, 5.74) is 3.70. The molecule has 1 N–H and O–H groups in total. The second kappa shape index (κ2) is 7.20. The molecule has 136 valence electrons. The minimum atomic E-state index is -0.545. The number of para-hydroxylation sites is 1. The van der Waals surface area contributed by atoms with E-state index in [0.717, 1.165) is 21.2 Å². The third-order valence-electron chi connectivity index (χ3n) is 4.15. The largest absolute Gasteiger partial charge is 0.459 e. The first kappa shape index (κ1) is 17.2. The third-order valence-corrected chi connectivity index (χ3v) is 4.94. The van der Waals surface area contributed by atoms with Gasteiger partial charge in [-0.2, -0.15) is 0 Å². The van der Waals surface area contributed by atoms with E-state index in [1.165, 1.54) is 11.3 Å². The van der Waals surface area contributed by atoms with Gasteiger partial charge in [0.25, 0.3) is 5.91 Å². The SMILES string of the molecule is C[C@@H](NC(=O)COC(=O)c1ccc2ncsc2c1)c1cc2ccccc2o1. The average Bonchev–Trinajstić information content (AvgIpc) is 3.31. The predicted octanol–water partition coefficient (Wildman–Crippen LogP) is 4.08. The first-order chi connectivity index (χ1) is 13.1. The summed E-state index contributed by atoms with van der Waals surface area (Å²) < 4.78 is 11.7. The van der Waals surface area contributed by atoms with Gasteiger partial charge in [0.15, 0.2) is 6.61 Å². The van der Waals surface area contributed by atoms with Crippen LogP contribution >= 0.6 is 11.3 Å². The lowest BCUT2D eigenvalue weighted by molar-refractivity contribution is -0.125. The van der Waals surface area contributed by atoms with Crippen molar-refractivity contribution in [1.82, 2.24) is 10.3 Å². The lowest BCUT2D eigenvalue weighted by atomic mass is 10.2. The minimum absolute atomic E-state index is 0.336. The zero-order valence-corrected chi connectivity index (χ0v) is 15.3. The summed E-state index contributed by atoms with van der Waals surface area (Å²) in [6, 6.07) is 14.3. The number of rotatable bonds is 5. The van der Waals surface area contributed by atoms with Crippen LogP contribution in [0.5, 0.6) is 0 Å². The van der Waals surface area contributed by atoms with E-state index in [1.54, 1.807) is 23.7 Å². The number of nitrogens with one attached hydrogen (secondary N) is 1. The van der Waals surface area contributed by atoms with Crippen LogP contribution in [-0.4, -0.2) is 23.5 Å². The van der Waals surface area contributed by atoms with Gasteiger partial charge < -0.3 is 14.5 Å². The molecular formula is C20H16N2O4S. The molecule has 0 aliphatic heterocycles. The highest BCUT2D eigenvalue weighted by Crippen LogP contribution is 2.23. The molecular weight excluding hydrogens is 364 g/mol. The Morgan fingerprint density at radius 2 is 2.07 bits per heavy atom. The van der Waals surface area contributed by atoms with Crippen molar-refractivity contribution in [2.45, 2.75) is 13.0 Å². The standard InChI is InChI=1S/C20H16N2O4S/c1-12(17-8-13-4-2-3-5-16(13)26-17)22-19(23)10-25-20(24)14-6-7-15-18(9-14)27-11-21-15/h2-9,11-12H,10H2,1H3,(H,22,23)/t12-/m1/s1. The van der Waals surface area contributed by atoms with Gasteiger partial charge in [0, 0.05) is 5.39 Å². The summed E-state index contributed by atoms with van der Waals surface area (Å²) in [7, 11) is 0. The Balaban J connectivity index is 1.35. The van der Waals surface area contributed by atoms with Crippen LogP contribution in [0.15, 0.2) is 58.5 Å². The van der Waals surface area contributed by atoms with Crippen molar-refractivity contribution in [3.63, 3.8) is 0 Å². The molecule has 2 aromatic carbocycles. The molecule has 7 heteroatoms. The fourth-order valence-electron chi connectivity index (χ4n) is 2.77. The van der Waals surface area contributed by atoms with E-state index in [2.05, 4.69) is 10.3 Å². The van der Waals surface area contributed by atoms with Crippen LogP contribution in [-0.2, 0) is 9.53 Å². The zero-order valence-electron chi connectivity index (χ0n) is 14.5. The van der Waals surface area contributed by atoms with Crippen LogP contribution in [0.25, 0.3) is 21.2 Å². The van der Waals surface area contributed by atoms with Gasteiger partial charge in [0.1, 0.15) is 11.3 Å². The molecule has 0 saturated heterocycles. The number of esters is 1. The maximum Gasteiger partial charge on any atom is 0.338 e. The van der Waals surface area contributed by atoms with Crippen molar-refractivity contribution in [2.75, 3.05) is 6.61 Å². The normalized spacial score (nSPS) is 12.2. The molecule has 0 aliphatic rings. The molecule has 0 bridgehead atoms. The molecule has 0 saturated carbocycles. The number of fused-ring (bicyclic) bond motifs is 2. The number of carbonyl (C=O) groups excluding carboxylic acids is 2. The van der Waals surface area contributed by atoms with Gasteiger partial charge in [-0.1, -0.05) is 18.2 Å². The number of furan rings is 1. The summed E-state index contributed by atoms with van der Waals surface area (Å²) in [5.74, 6) is -0.293. The highest BCUT2D eigenvalue weighted by molar-refractivity contribution is 7.16. The van der Waals surface area contributed by atoms with E-state index in [0.29, 0.717) is 11.3 Å². The average molecular weight is 380 g/mol. The predicted molar refractivity (Wildman–Crippen MR) is 103 cm³/mol. The first-order valence-corrected chi connectivity index (χ1v) is 9.26. The molecule has 0 spiro atoms. The molecule has 1 amide bonds. The number of hydrogen-bond acceptors (Lipinski definition) is 6. The molecule has 0 fully saturated rings. The quantitative estimate of drug-likeness (QED) is 0.528. The minimum Gasteiger partial charge on any atom is -0.459 e. The van der Waals surface area contributed by atoms with Gasteiger partial charge in [0.05, 0.1) is 27.3 Å². The summed E-state index contributed by atoms with van der Waals surface area (Å²) >= 11 is 1.44. The number of hydrogen-bond donors (Lipinski definition) is 1. The van der Waals surface area contributed by atoms with E-state index in [1.807, 2.05) is 37.3 Å². The zero-order chi connectivity index (χ0) is 18.8. The van der Waals surface area contributed by atoms with Crippen LogP contribution in [0.1, 0.15) is 29.1 Å². The fraction of sp³-hybridized carbons (Fsp3) is 0.150. The van der Waals surface area contributed by atoms with Crippen molar-refractivity contribution in [3.05, 3.63) is 65.4 Å². The second-order valence-electron chi connectivity index (χ2n) is 6.09. The van der Waals surface area contributed by atoms with Crippen molar-refractivity contribution >= 4 is 44.4 Å². The molecule has 6 nitrogen and oxygen atoms in total. The number of thiazole rings is 1. The van der Waals surface area contributed by atoms with Gasteiger partial charge >= 0.3 is 5.97 Å². The maximum atomic E-state index is 12.2. The van der Waals surface area contributed by atoms with Crippen molar-refractivity contribution in [1.29, 1.82) is 0 Å². The molecule has 0 radical (unpaired) electrons. The van der Waals surface area contributed by atoms with Crippen molar-refractivity contribution in [3.8, 4) is 0 Å². The lowest BCUT2D eigenvalue weighted by Crippen LogP contribution is -2.31. The molecule has 2 aromatic heterocycles. The van der Waals surface area contributed by atoms with Gasteiger partial charge in [-0.3, -0.25) is 4.79 Å². The van der Waals surface area contributed by atoms with Crippen LogP contribution in [0.4, 0.5) is 0 Å². The monoisotopic (exact) mass is 380 g/mol. The number of aromatic nitrogens is 1. The van der Waals surface area contributed by atoms with Gasteiger partial charge in [-0.25, -0.2) is 9.78 Å². The fourth-order valence-corrected chi connectivity index (χ4v) is 3.48. The number of nitrogens with zero attached hydrogens (tertiary/aromatic N) is 1. The molecule has 4 rings (SSSR count). The Kier molecular flexibility index (Phi) is 4.60. The lowest BCUT2D eigenvalue weighted by Gasteiger charge is -2.11. The van der Waals surface area contributed by atoms with Crippen LogP contribution in [0.2, 0.25) is 0 Å². The number of benzene rings is 2. The highest BCUT2D eigenvalue weighted by Gasteiger charge is 2.16. The first-order valence-electron chi connectivity index (χ1n) is 8.38. The summed E-state index contributed by atoms with van der Waals surface area (Å²) in [4.78, 5) is 28.4. The Morgan fingerprint density at radius 3 is 2.93 bits per heavy atom. The molecule has 4 aromatic rings. The molecule has 1 atom stereocenters. The summed E-state index contributed by atoms with van der Waals surface area (Å²) in [5, 5.41) is 3.74. The van der Waals surface area contributed by atoms with Gasteiger partial charge in [0.2, 0.25) is 0 Å². The van der Waals surface area contributed by atoms with Crippen LogP contribution in [0.3, 0.4) is 0 Å². The molecule has 27 heavy (non-hydrogen) atoms. The molecule has 0 aliphatic carbocycles. The summed E-state index contributed by atoms with van der Waals surface area (Å²) in [6.07, 6.45) is 0.